The third kappa shape index (κ3) is 9.08. The smallest absolute Gasteiger partial charge is 0.306 e. The van der Waals surface area contributed by atoms with Gasteiger partial charge in [0.25, 0.3) is 0 Å². The van der Waals surface area contributed by atoms with E-state index in [-0.39, 0.29) is 18.7 Å². The van der Waals surface area contributed by atoms with E-state index >= 15 is 0 Å². The van der Waals surface area contributed by atoms with Crippen LogP contribution in [0, 0.1) is 5.92 Å². The van der Waals surface area contributed by atoms with Crippen LogP contribution in [0.1, 0.15) is 26.7 Å². The van der Waals surface area contributed by atoms with E-state index in [4.69, 9.17) is 0 Å². The molecule has 102 valence electrons. The van der Waals surface area contributed by atoms with Crippen molar-refractivity contribution in [3.8, 4) is 0 Å². The summed E-state index contributed by atoms with van der Waals surface area (Å²) in [6.07, 6.45) is -0.367. The quantitative estimate of drug-likeness (QED) is 0.598. The van der Waals surface area contributed by atoms with Crippen molar-refractivity contribution in [2.75, 3.05) is 19.4 Å². The number of hydrogen-bond donors (Lipinski definition) is 2. The molecule has 0 spiro atoms. The molecule has 0 rings (SSSR count). The lowest BCUT2D eigenvalue weighted by atomic mass is 10.1. The Kier molecular flexibility index (Phi) is 7.33. The Hall–Kier alpha value is -0.660. The fourth-order valence-electron chi connectivity index (χ4n) is 1.24. The number of methoxy groups -OCH3 is 1. The van der Waals surface area contributed by atoms with Gasteiger partial charge < -0.3 is 9.84 Å². The number of carbonyl (C=O) groups is 1. The second-order valence-electron chi connectivity index (χ2n) is 4.28. The summed E-state index contributed by atoms with van der Waals surface area (Å²) in [7, 11) is -2.33. The molecule has 1 atom stereocenters. The lowest BCUT2D eigenvalue weighted by Crippen LogP contribution is -2.34. The molecule has 0 aliphatic heterocycles. The highest BCUT2D eigenvalue weighted by molar-refractivity contribution is 7.89. The van der Waals surface area contributed by atoms with Gasteiger partial charge in [0.1, 0.15) is 0 Å². The fraction of sp³-hybridized carbons (Fsp3) is 0.900. The summed E-state index contributed by atoms with van der Waals surface area (Å²) in [5.41, 5.74) is 0. The van der Waals surface area contributed by atoms with Gasteiger partial charge in [0.2, 0.25) is 10.0 Å². The number of sulfonamides is 1. The van der Waals surface area contributed by atoms with Crippen molar-refractivity contribution in [1.82, 2.24) is 4.72 Å². The molecule has 0 saturated heterocycles. The Morgan fingerprint density at radius 2 is 2.00 bits per heavy atom. The van der Waals surface area contributed by atoms with Crippen LogP contribution in [0.15, 0.2) is 0 Å². The van der Waals surface area contributed by atoms with Gasteiger partial charge in [-0.25, -0.2) is 13.1 Å². The van der Waals surface area contributed by atoms with Crippen LogP contribution < -0.4 is 4.72 Å². The van der Waals surface area contributed by atoms with E-state index in [1.165, 1.54) is 7.11 Å². The first-order valence-electron chi connectivity index (χ1n) is 5.49. The number of aliphatic hydroxyl groups is 1. The summed E-state index contributed by atoms with van der Waals surface area (Å²) in [6.45, 7) is 3.85. The predicted octanol–water partition coefficient (Wildman–Crippen LogP) is -0.124. The summed E-state index contributed by atoms with van der Waals surface area (Å²) in [6, 6.07) is 0. The molecule has 0 aliphatic carbocycles. The van der Waals surface area contributed by atoms with Crippen LogP contribution in [-0.4, -0.2) is 45.0 Å². The Morgan fingerprint density at radius 3 is 2.47 bits per heavy atom. The molecule has 0 aliphatic rings. The average Bonchev–Trinajstić information content (AvgIpc) is 2.22. The standard InChI is InChI=1S/C10H21NO5S/c1-8(2)6-9(12)7-11-17(14,15)5-4-10(13)16-3/h8-9,11-12H,4-7H2,1-3H3. The molecular formula is C10H21NO5S. The largest absolute Gasteiger partial charge is 0.469 e. The van der Waals surface area contributed by atoms with Crippen molar-refractivity contribution < 1.29 is 23.1 Å². The highest BCUT2D eigenvalue weighted by atomic mass is 32.2. The Balaban J connectivity index is 3.97. The maximum atomic E-state index is 11.4. The topological polar surface area (TPSA) is 92.7 Å². The molecule has 17 heavy (non-hydrogen) atoms. The second kappa shape index (κ2) is 7.62. The number of aliphatic hydroxyl groups excluding tert-OH is 1. The van der Waals surface area contributed by atoms with Gasteiger partial charge in [0.15, 0.2) is 0 Å². The minimum atomic E-state index is -3.53. The summed E-state index contributed by atoms with van der Waals surface area (Å²) >= 11 is 0. The van der Waals surface area contributed by atoms with E-state index in [1.807, 2.05) is 13.8 Å². The lowest BCUT2D eigenvalue weighted by Gasteiger charge is -2.13. The van der Waals surface area contributed by atoms with Gasteiger partial charge in [-0.15, -0.1) is 0 Å². The fourth-order valence-corrected chi connectivity index (χ4v) is 2.27. The Bertz CT molecular complexity index is 326. The van der Waals surface area contributed by atoms with Gasteiger partial charge in [0.05, 0.1) is 25.4 Å². The third-order valence-corrected chi connectivity index (χ3v) is 3.43. The number of hydrogen-bond acceptors (Lipinski definition) is 5. The molecule has 1 unspecified atom stereocenters. The van der Waals surface area contributed by atoms with E-state index in [1.54, 1.807) is 0 Å². The number of ether oxygens (including phenoxy) is 1. The van der Waals surface area contributed by atoms with E-state index in [0.717, 1.165) is 0 Å². The predicted molar refractivity (Wildman–Crippen MR) is 63.9 cm³/mol. The van der Waals surface area contributed by atoms with Crippen molar-refractivity contribution >= 4 is 16.0 Å². The van der Waals surface area contributed by atoms with Crippen LogP contribution in [0.5, 0.6) is 0 Å². The number of esters is 1. The van der Waals surface area contributed by atoms with Gasteiger partial charge in [-0.2, -0.15) is 0 Å². The molecule has 0 heterocycles. The zero-order chi connectivity index (χ0) is 13.5. The summed E-state index contributed by atoms with van der Waals surface area (Å²) in [5, 5.41) is 9.49. The second-order valence-corrected chi connectivity index (χ2v) is 6.20. The van der Waals surface area contributed by atoms with Crippen molar-refractivity contribution in [3.63, 3.8) is 0 Å². The lowest BCUT2D eigenvalue weighted by molar-refractivity contribution is -0.140. The molecule has 0 fully saturated rings. The SMILES string of the molecule is COC(=O)CCS(=O)(=O)NCC(O)CC(C)C. The molecule has 0 aromatic carbocycles. The van der Waals surface area contributed by atoms with E-state index in [2.05, 4.69) is 9.46 Å². The minimum absolute atomic E-state index is 0.0261. The van der Waals surface area contributed by atoms with Crippen LogP contribution in [0.3, 0.4) is 0 Å². The maximum absolute atomic E-state index is 11.4. The molecular weight excluding hydrogens is 246 g/mol. The molecule has 6 nitrogen and oxygen atoms in total. The molecule has 0 aromatic heterocycles. The molecule has 0 bridgehead atoms. The van der Waals surface area contributed by atoms with Crippen molar-refractivity contribution in [2.24, 2.45) is 5.92 Å². The van der Waals surface area contributed by atoms with Gasteiger partial charge in [-0.3, -0.25) is 4.79 Å². The van der Waals surface area contributed by atoms with Crippen LogP contribution in [0.25, 0.3) is 0 Å². The first kappa shape index (κ1) is 16.3. The molecule has 0 radical (unpaired) electrons. The van der Waals surface area contributed by atoms with Crippen LogP contribution >= 0.6 is 0 Å². The number of nitrogens with one attached hydrogen (secondary N) is 1. The first-order chi connectivity index (χ1) is 7.76. The third-order valence-electron chi connectivity index (χ3n) is 2.08. The van der Waals surface area contributed by atoms with Gasteiger partial charge in [0, 0.05) is 6.54 Å². The highest BCUT2D eigenvalue weighted by Crippen LogP contribution is 2.03. The number of rotatable bonds is 8. The molecule has 2 N–H and O–H groups in total. The van der Waals surface area contributed by atoms with Crippen molar-refractivity contribution in [1.29, 1.82) is 0 Å². The van der Waals surface area contributed by atoms with Crippen LogP contribution in [0.4, 0.5) is 0 Å². The highest BCUT2D eigenvalue weighted by Gasteiger charge is 2.15. The van der Waals surface area contributed by atoms with Gasteiger partial charge in [-0.1, -0.05) is 13.8 Å². The molecule has 7 heteroatoms. The summed E-state index contributed by atoms with van der Waals surface area (Å²) in [5.74, 6) is -0.601. The normalized spacial score (nSPS) is 13.7. The molecule has 0 aromatic rings. The van der Waals surface area contributed by atoms with Crippen molar-refractivity contribution in [3.05, 3.63) is 0 Å². The zero-order valence-electron chi connectivity index (χ0n) is 10.5. The zero-order valence-corrected chi connectivity index (χ0v) is 11.3. The molecule has 0 amide bonds. The van der Waals surface area contributed by atoms with Gasteiger partial charge >= 0.3 is 5.97 Å². The Morgan fingerprint density at radius 1 is 1.41 bits per heavy atom. The maximum Gasteiger partial charge on any atom is 0.306 e. The van der Waals surface area contributed by atoms with Crippen LogP contribution in [-0.2, 0) is 19.6 Å². The van der Waals surface area contributed by atoms with E-state index < -0.39 is 22.1 Å². The van der Waals surface area contributed by atoms with Crippen LogP contribution in [0.2, 0.25) is 0 Å². The average molecular weight is 267 g/mol. The monoisotopic (exact) mass is 267 g/mol. The van der Waals surface area contributed by atoms with E-state index in [0.29, 0.717) is 12.3 Å². The summed E-state index contributed by atoms with van der Waals surface area (Å²) < 4.78 is 29.4. The van der Waals surface area contributed by atoms with Crippen molar-refractivity contribution in [2.45, 2.75) is 32.8 Å². The minimum Gasteiger partial charge on any atom is -0.469 e. The molecule has 0 saturated carbocycles. The Labute approximate surface area is 102 Å². The number of carbonyl (C=O) groups excluding carboxylic acids is 1. The summed E-state index contributed by atoms with van der Waals surface area (Å²) in [4.78, 5) is 10.8. The van der Waals surface area contributed by atoms with E-state index in [9.17, 15) is 18.3 Å². The van der Waals surface area contributed by atoms with Gasteiger partial charge in [-0.05, 0) is 12.3 Å². The first-order valence-corrected chi connectivity index (χ1v) is 7.14.